The Bertz CT molecular complexity index is 126. The minimum atomic E-state index is 1.00. The van der Waals surface area contributed by atoms with E-state index in [1.54, 1.807) is 6.33 Å². The van der Waals surface area contributed by atoms with Gasteiger partial charge in [-0.2, -0.15) is 4.37 Å². The Hall–Kier alpha value is -0.440. The van der Waals surface area contributed by atoms with Crippen LogP contribution < -0.4 is 0 Å². The summed E-state index contributed by atoms with van der Waals surface area (Å²) in [6, 6.07) is 0. The highest BCUT2D eigenvalue weighted by molar-refractivity contribution is 7.05. The second kappa shape index (κ2) is 5.69. The lowest BCUT2D eigenvalue weighted by atomic mass is 10.5. The van der Waals surface area contributed by atoms with Gasteiger partial charge in [0.1, 0.15) is 11.3 Å². The lowest BCUT2D eigenvalue weighted by Gasteiger charge is -1.74. The van der Waals surface area contributed by atoms with Crippen LogP contribution in [-0.2, 0) is 6.42 Å². The van der Waals surface area contributed by atoms with Crippen LogP contribution in [0, 0.1) is 0 Å². The molecule has 0 saturated heterocycles. The summed E-state index contributed by atoms with van der Waals surface area (Å²) in [4.78, 5) is 3.94. The van der Waals surface area contributed by atoms with Crippen molar-refractivity contribution in [3.63, 3.8) is 0 Å². The first-order chi connectivity index (χ1) is 4.43. The summed E-state index contributed by atoms with van der Waals surface area (Å²) in [5, 5.41) is 1.11. The SMILES string of the molecule is CC.CCc1ncns1. The molecule has 3 heteroatoms. The van der Waals surface area contributed by atoms with E-state index in [0.717, 1.165) is 11.4 Å². The highest BCUT2D eigenvalue weighted by atomic mass is 32.1. The van der Waals surface area contributed by atoms with Crippen LogP contribution in [0.5, 0.6) is 0 Å². The van der Waals surface area contributed by atoms with Crippen LogP contribution in [0.3, 0.4) is 0 Å². The van der Waals surface area contributed by atoms with Crippen LogP contribution in [0.25, 0.3) is 0 Å². The molecule has 0 saturated carbocycles. The van der Waals surface area contributed by atoms with E-state index < -0.39 is 0 Å². The van der Waals surface area contributed by atoms with Gasteiger partial charge in [0, 0.05) is 0 Å². The number of hydrogen-bond donors (Lipinski definition) is 0. The molecule has 0 aliphatic carbocycles. The first kappa shape index (κ1) is 8.56. The van der Waals surface area contributed by atoms with Gasteiger partial charge < -0.3 is 0 Å². The average molecular weight is 144 g/mol. The third kappa shape index (κ3) is 3.19. The van der Waals surface area contributed by atoms with Gasteiger partial charge in [-0.3, -0.25) is 0 Å². The molecule has 0 aliphatic rings. The summed E-state index contributed by atoms with van der Waals surface area (Å²) in [7, 11) is 0. The summed E-state index contributed by atoms with van der Waals surface area (Å²) in [6.45, 7) is 6.07. The molecule has 0 fully saturated rings. The van der Waals surface area contributed by atoms with Gasteiger partial charge in [-0.05, 0) is 18.0 Å². The molecule has 0 spiro atoms. The fourth-order valence-corrected chi connectivity index (χ4v) is 0.791. The molecule has 0 unspecified atom stereocenters. The Balaban J connectivity index is 0.000000291. The average Bonchev–Trinajstić information content (AvgIpc) is 2.43. The maximum atomic E-state index is 3.94. The van der Waals surface area contributed by atoms with Gasteiger partial charge in [-0.15, -0.1) is 0 Å². The summed E-state index contributed by atoms with van der Waals surface area (Å²) >= 11 is 1.46. The van der Waals surface area contributed by atoms with Gasteiger partial charge >= 0.3 is 0 Å². The minimum absolute atomic E-state index is 1.00. The predicted molar refractivity (Wildman–Crippen MR) is 40.6 cm³/mol. The second-order valence-corrected chi connectivity index (χ2v) is 2.05. The van der Waals surface area contributed by atoms with Crippen molar-refractivity contribution >= 4 is 11.5 Å². The van der Waals surface area contributed by atoms with Crippen LogP contribution in [0.1, 0.15) is 25.8 Å². The molecule has 0 aromatic carbocycles. The van der Waals surface area contributed by atoms with Crippen LogP contribution in [0.15, 0.2) is 6.33 Å². The van der Waals surface area contributed by atoms with Gasteiger partial charge in [-0.1, -0.05) is 20.8 Å². The molecule has 52 valence electrons. The first-order valence-electron chi connectivity index (χ1n) is 3.19. The number of hydrogen-bond acceptors (Lipinski definition) is 3. The summed E-state index contributed by atoms with van der Waals surface area (Å²) in [5.74, 6) is 0. The molecule has 0 N–H and O–H groups in total. The maximum absolute atomic E-state index is 3.94. The van der Waals surface area contributed by atoms with Gasteiger partial charge in [0.2, 0.25) is 0 Å². The molecule has 1 rings (SSSR count). The molecule has 0 amide bonds. The standard InChI is InChI=1S/C4H6N2S.C2H6/c1-2-4-5-3-6-7-4;1-2/h3H,2H2,1H3;1-2H3. The second-order valence-electron chi connectivity index (χ2n) is 1.19. The number of nitrogens with zero attached hydrogens (tertiary/aromatic N) is 2. The molecule has 1 aromatic heterocycles. The zero-order valence-electron chi connectivity index (χ0n) is 6.09. The molecule has 0 radical (unpaired) electrons. The van der Waals surface area contributed by atoms with Gasteiger partial charge in [0.15, 0.2) is 0 Å². The molecule has 0 atom stereocenters. The zero-order chi connectivity index (χ0) is 7.11. The molecule has 2 nitrogen and oxygen atoms in total. The fourth-order valence-electron chi connectivity index (χ4n) is 0.352. The van der Waals surface area contributed by atoms with E-state index in [4.69, 9.17) is 0 Å². The third-order valence-corrected chi connectivity index (χ3v) is 1.51. The molecule has 0 bridgehead atoms. The Morgan fingerprint density at radius 2 is 2.22 bits per heavy atom. The zero-order valence-corrected chi connectivity index (χ0v) is 6.90. The normalized spacial score (nSPS) is 7.89. The number of aromatic nitrogens is 2. The Morgan fingerprint density at radius 1 is 1.56 bits per heavy atom. The van der Waals surface area contributed by atoms with Crippen molar-refractivity contribution in [3.8, 4) is 0 Å². The molecule has 0 aliphatic heterocycles. The van der Waals surface area contributed by atoms with E-state index in [2.05, 4.69) is 16.3 Å². The van der Waals surface area contributed by atoms with E-state index >= 15 is 0 Å². The number of aryl methyl sites for hydroxylation is 1. The van der Waals surface area contributed by atoms with Crippen LogP contribution >= 0.6 is 11.5 Å². The minimum Gasteiger partial charge on any atom is -0.228 e. The van der Waals surface area contributed by atoms with E-state index in [-0.39, 0.29) is 0 Å². The van der Waals surface area contributed by atoms with Crippen molar-refractivity contribution in [3.05, 3.63) is 11.3 Å². The van der Waals surface area contributed by atoms with E-state index in [1.165, 1.54) is 11.5 Å². The van der Waals surface area contributed by atoms with Crippen molar-refractivity contribution in [2.45, 2.75) is 27.2 Å². The Labute approximate surface area is 60.1 Å². The molecular weight excluding hydrogens is 132 g/mol. The monoisotopic (exact) mass is 144 g/mol. The van der Waals surface area contributed by atoms with E-state index in [9.17, 15) is 0 Å². The summed E-state index contributed by atoms with van der Waals surface area (Å²) in [5.41, 5.74) is 0. The Morgan fingerprint density at radius 3 is 2.44 bits per heavy atom. The van der Waals surface area contributed by atoms with Gasteiger partial charge in [-0.25, -0.2) is 4.98 Å². The van der Waals surface area contributed by atoms with Crippen molar-refractivity contribution in [1.82, 2.24) is 9.36 Å². The molecule has 1 heterocycles. The highest BCUT2D eigenvalue weighted by Crippen LogP contribution is 1.97. The molecule has 9 heavy (non-hydrogen) atoms. The summed E-state index contributed by atoms with van der Waals surface area (Å²) in [6.07, 6.45) is 2.59. The lowest BCUT2D eigenvalue weighted by molar-refractivity contribution is 1.09. The molecule has 1 aromatic rings. The van der Waals surface area contributed by atoms with Crippen molar-refractivity contribution in [1.29, 1.82) is 0 Å². The van der Waals surface area contributed by atoms with Crippen molar-refractivity contribution in [2.24, 2.45) is 0 Å². The quantitative estimate of drug-likeness (QED) is 0.603. The van der Waals surface area contributed by atoms with E-state index in [1.807, 2.05) is 13.8 Å². The van der Waals surface area contributed by atoms with Crippen LogP contribution in [0.2, 0.25) is 0 Å². The maximum Gasteiger partial charge on any atom is 0.129 e. The van der Waals surface area contributed by atoms with Gasteiger partial charge in [0.25, 0.3) is 0 Å². The largest absolute Gasteiger partial charge is 0.228 e. The Kier molecular flexibility index (Phi) is 5.41. The fraction of sp³-hybridized carbons (Fsp3) is 0.667. The topological polar surface area (TPSA) is 25.8 Å². The smallest absolute Gasteiger partial charge is 0.129 e. The number of rotatable bonds is 1. The predicted octanol–water partition coefficient (Wildman–Crippen LogP) is 2.13. The molecular formula is C6H12N2S. The third-order valence-electron chi connectivity index (χ3n) is 0.709. The van der Waals surface area contributed by atoms with Gasteiger partial charge in [0.05, 0.1) is 0 Å². The highest BCUT2D eigenvalue weighted by Gasteiger charge is 1.86. The van der Waals surface area contributed by atoms with Crippen LogP contribution in [-0.4, -0.2) is 9.36 Å². The first-order valence-corrected chi connectivity index (χ1v) is 3.96. The summed E-state index contributed by atoms with van der Waals surface area (Å²) < 4.78 is 3.82. The van der Waals surface area contributed by atoms with Crippen molar-refractivity contribution < 1.29 is 0 Å². The van der Waals surface area contributed by atoms with E-state index in [0.29, 0.717) is 0 Å². The van der Waals surface area contributed by atoms with Crippen molar-refractivity contribution in [2.75, 3.05) is 0 Å². The van der Waals surface area contributed by atoms with Crippen LogP contribution in [0.4, 0.5) is 0 Å². The lowest BCUT2D eigenvalue weighted by Crippen LogP contribution is -1.70.